The summed E-state index contributed by atoms with van der Waals surface area (Å²) in [5.74, 6) is 1.15. The van der Waals surface area contributed by atoms with Crippen molar-refractivity contribution in [1.29, 1.82) is 0 Å². The molecular formula is C15H12O2. The monoisotopic (exact) mass is 224 g/mol. The molecular weight excluding hydrogens is 212 g/mol. The van der Waals surface area contributed by atoms with E-state index in [9.17, 15) is 4.79 Å². The lowest BCUT2D eigenvalue weighted by atomic mass is 10.0. The van der Waals surface area contributed by atoms with Crippen LogP contribution in [0.5, 0.6) is 0 Å². The maximum Gasteiger partial charge on any atom is 0.231 e. The molecule has 1 aliphatic carbocycles. The summed E-state index contributed by atoms with van der Waals surface area (Å²) in [6.45, 7) is 0. The van der Waals surface area contributed by atoms with Crippen LogP contribution in [0.15, 0.2) is 59.6 Å². The number of ketones is 1. The Labute approximate surface area is 99.9 Å². The van der Waals surface area contributed by atoms with E-state index in [-0.39, 0.29) is 5.78 Å². The van der Waals surface area contributed by atoms with Gasteiger partial charge in [0.2, 0.25) is 5.78 Å². The lowest BCUT2D eigenvalue weighted by Gasteiger charge is -2.02. The number of Topliss-reactive ketones (excluding diaryl/α,β-unsaturated/α-hetero) is 1. The Kier molecular flexibility index (Phi) is 2.41. The molecule has 0 aromatic heterocycles. The first-order valence-corrected chi connectivity index (χ1v) is 5.74. The van der Waals surface area contributed by atoms with E-state index in [2.05, 4.69) is 0 Å². The number of fused-ring (bicyclic) bond motifs is 1. The molecule has 2 nitrogen and oxygen atoms in total. The molecule has 0 bridgehead atoms. The molecule has 0 N–H and O–H groups in total. The quantitative estimate of drug-likeness (QED) is 0.684. The molecule has 0 atom stereocenters. The normalized spacial score (nSPS) is 20.7. The Morgan fingerprint density at radius 2 is 1.82 bits per heavy atom. The third-order valence-electron chi connectivity index (χ3n) is 2.90. The molecule has 1 saturated heterocycles. The largest absolute Gasteiger partial charge is 0.453 e. The van der Waals surface area contributed by atoms with E-state index in [0.717, 1.165) is 29.7 Å². The molecule has 84 valence electrons. The zero-order valence-electron chi connectivity index (χ0n) is 9.35. The van der Waals surface area contributed by atoms with Gasteiger partial charge < -0.3 is 4.74 Å². The van der Waals surface area contributed by atoms with Gasteiger partial charge in [0.25, 0.3) is 0 Å². The van der Waals surface area contributed by atoms with Gasteiger partial charge in [0.15, 0.2) is 5.76 Å². The molecule has 2 heteroatoms. The number of ether oxygens (including phenoxy) is 1. The molecule has 1 aromatic rings. The molecule has 1 fully saturated rings. The topological polar surface area (TPSA) is 26.3 Å². The van der Waals surface area contributed by atoms with E-state index >= 15 is 0 Å². The van der Waals surface area contributed by atoms with E-state index in [1.165, 1.54) is 0 Å². The van der Waals surface area contributed by atoms with E-state index in [4.69, 9.17) is 4.74 Å². The Balaban J connectivity index is 1.97. The average molecular weight is 224 g/mol. The molecule has 1 heterocycles. The first-order chi connectivity index (χ1) is 8.34. The average Bonchev–Trinajstić information content (AvgIpc) is 2.68. The maximum absolute atomic E-state index is 12.0. The minimum atomic E-state index is -0.000182. The van der Waals surface area contributed by atoms with E-state index in [1.807, 2.05) is 42.5 Å². The van der Waals surface area contributed by atoms with Crippen LogP contribution >= 0.6 is 0 Å². The van der Waals surface area contributed by atoms with Crippen molar-refractivity contribution >= 4 is 11.9 Å². The van der Waals surface area contributed by atoms with E-state index in [0.29, 0.717) is 5.76 Å². The fourth-order valence-electron chi connectivity index (χ4n) is 2.05. The highest BCUT2D eigenvalue weighted by Crippen LogP contribution is 2.33. The van der Waals surface area contributed by atoms with Crippen LogP contribution in [0.3, 0.4) is 0 Å². The highest BCUT2D eigenvalue weighted by Gasteiger charge is 2.31. The van der Waals surface area contributed by atoms with Gasteiger partial charge in [-0.3, -0.25) is 4.79 Å². The zero-order chi connectivity index (χ0) is 11.7. The molecule has 0 unspecified atom stereocenters. The highest BCUT2D eigenvalue weighted by atomic mass is 16.5. The third-order valence-corrected chi connectivity index (χ3v) is 2.90. The van der Waals surface area contributed by atoms with Crippen molar-refractivity contribution in [3.05, 3.63) is 65.1 Å². The van der Waals surface area contributed by atoms with Crippen LogP contribution in [0.25, 0.3) is 6.08 Å². The van der Waals surface area contributed by atoms with Gasteiger partial charge in [0, 0.05) is 0 Å². The molecule has 1 aromatic carbocycles. The summed E-state index contributed by atoms with van der Waals surface area (Å²) in [5, 5.41) is 0. The molecule has 0 spiro atoms. The van der Waals surface area contributed by atoms with Crippen LogP contribution in [0.2, 0.25) is 0 Å². The highest BCUT2D eigenvalue weighted by molar-refractivity contribution is 6.14. The number of rotatable bonds is 1. The van der Waals surface area contributed by atoms with Crippen LogP contribution in [-0.2, 0) is 9.53 Å². The molecule has 0 amide bonds. The Bertz CT molecular complexity index is 548. The first-order valence-electron chi connectivity index (χ1n) is 5.74. The molecule has 2 aliphatic rings. The SMILES string of the molecule is O=C1C2=CCCC=C2O/C1=C\c1ccccc1. The summed E-state index contributed by atoms with van der Waals surface area (Å²) in [6.07, 6.45) is 7.61. The predicted octanol–water partition coefficient (Wildman–Crippen LogP) is 3.23. The minimum Gasteiger partial charge on any atom is -0.453 e. The van der Waals surface area contributed by atoms with Gasteiger partial charge in [-0.1, -0.05) is 36.4 Å². The summed E-state index contributed by atoms with van der Waals surface area (Å²) in [4.78, 5) is 12.0. The van der Waals surface area contributed by atoms with Gasteiger partial charge in [-0.2, -0.15) is 0 Å². The van der Waals surface area contributed by atoms with Gasteiger partial charge in [0.05, 0.1) is 5.57 Å². The van der Waals surface area contributed by atoms with E-state index in [1.54, 1.807) is 6.08 Å². The van der Waals surface area contributed by atoms with Crippen LogP contribution in [0.1, 0.15) is 18.4 Å². The van der Waals surface area contributed by atoms with Crippen LogP contribution in [0.4, 0.5) is 0 Å². The number of benzene rings is 1. The van der Waals surface area contributed by atoms with Crippen molar-refractivity contribution in [2.24, 2.45) is 0 Å². The lowest BCUT2D eigenvalue weighted by Crippen LogP contribution is -1.97. The second-order valence-corrected chi connectivity index (χ2v) is 4.11. The van der Waals surface area contributed by atoms with Gasteiger partial charge in [-0.15, -0.1) is 0 Å². The molecule has 0 saturated carbocycles. The van der Waals surface area contributed by atoms with Crippen molar-refractivity contribution in [1.82, 2.24) is 0 Å². The molecule has 1 aliphatic heterocycles. The summed E-state index contributed by atoms with van der Waals surface area (Å²) in [6, 6.07) is 9.74. The van der Waals surface area contributed by atoms with Gasteiger partial charge >= 0.3 is 0 Å². The first kappa shape index (κ1) is 10.1. The second-order valence-electron chi connectivity index (χ2n) is 4.11. The summed E-state index contributed by atoms with van der Waals surface area (Å²) in [7, 11) is 0. The lowest BCUT2D eigenvalue weighted by molar-refractivity contribution is -0.112. The Hall–Kier alpha value is -2.09. The van der Waals surface area contributed by atoms with Gasteiger partial charge in [0.1, 0.15) is 5.76 Å². The number of carbonyl (C=O) groups excluding carboxylic acids is 1. The van der Waals surface area contributed by atoms with Crippen molar-refractivity contribution in [3.8, 4) is 0 Å². The van der Waals surface area contributed by atoms with E-state index < -0.39 is 0 Å². The van der Waals surface area contributed by atoms with Crippen molar-refractivity contribution < 1.29 is 9.53 Å². The number of allylic oxidation sites excluding steroid dienone is 4. The fraction of sp³-hybridized carbons (Fsp3) is 0.133. The van der Waals surface area contributed by atoms with Crippen LogP contribution < -0.4 is 0 Å². The second kappa shape index (κ2) is 4.06. The van der Waals surface area contributed by atoms with Crippen molar-refractivity contribution in [2.75, 3.05) is 0 Å². The summed E-state index contributed by atoms with van der Waals surface area (Å²) >= 11 is 0. The summed E-state index contributed by atoms with van der Waals surface area (Å²) in [5.41, 5.74) is 1.70. The van der Waals surface area contributed by atoms with Crippen molar-refractivity contribution in [2.45, 2.75) is 12.8 Å². The zero-order valence-corrected chi connectivity index (χ0v) is 9.35. The number of hydrogen-bond donors (Lipinski definition) is 0. The third kappa shape index (κ3) is 1.82. The van der Waals surface area contributed by atoms with Gasteiger partial charge in [-0.05, 0) is 30.6 Å². The number of hydrogen-bond acceptors (Lipinski definition) is 2. The van der Waals surface area contributed by atoms with Crippen LogP contribution in [0, 0.1) is 0 Å². The predicted molar refractivity (Wildman–Crippen MR) is 65.9 cm³/mol. The Morgan fingerprint density at radius 1 is 1.06 bits per heavy atom. The maximum atomic E-state index is 12.0. The number of carbonyl (C=O) groups is 1. The smallest absolute Gasteiger partial charge is 0.231 e. The standard InChI is InChI=1S/C15H12O2/c16-15-12-8-4-5-9-13(12)17-14(15)10-11-6-2-1-3-7-11/h1-3,6-10H,4-5H2/b14-10-. The summed E-state index contributed by atoms with van der Waals surface area (Å²) < 4.78 is 5.59. The van der Waals surface area contributed by atoms with Gasteiger partial charge in [-0.25, -0.2) is 0 Å². The van der Waals surface area contributed by atoms with Crippen LogP contribution in [-0.4, -0.2) is 5.78 Å². The Morgan fingerprint density at radius 3 is 2.59 bits per heavy atom. The van der Waals surface area contributed by atoms with Crippen molar-refractivity contribution in [3.63, 3.8) is 0 Å². The minimum absolute atomic E-state index is 0.000182. The fourth-order valence-corrected chi connectivity index (χ4v) is 2.05. The molecule has 0 radical (unpaired) electrons. The molecule has 17 heavy (non-hydrogen) atoms. The molecule has 3 rings (SSSR count).